The Balaban J connectivity index is 1.45. The summed E-state index contributed by atoms with van der Waals surface area (Å²) in [6.07, 6.45) is 7.08. The molecular formula is C24H27FN2O. The summed E-state index contributed by atoms with van der Waals surface area (Å²) in [5, 5.41) is 0. The van der Waals surface area contributed by atoms with Crippen molar-refractivity contribution in [3.05, 3.63) is 66.0 Å². The minimum atomic E-state index is -0.344. The topological polar surface area (TPSA) is 23.6 Å². The van der Waals surface area contributed by atoms with Crippen LogP contribution in [0.1, 0.15) is 50.1 Å². The van der Waals surface area contributed by atoms with Crippen LogP contribution in [0.25, 0.3) is 0 Å². The van der Waals surface area contributed by atoms with Gasteiger partial charge in [-0.15, -0.1) is 0 Å². The number of halogens is 1. The Bertz CT molecular complexity index is 854. The Kier molecular flexibility index (Phi) is 4.47. The Hall–Kier alpha value is -2.20. The first-order valence-corrected chi connectivity index (χ1v) is 10.6. The van der Waals surface area contributed by atoms with Crippen LogP contribution in [-0.4, -0.2) is 29.9 Å². The Morgan fingerprint density at radius 2 is 1.64 bits per heavy atom. The molecule has 4 heteroatoms. The number of rotatable bonds is 3. The van der Waals surface area contributed by atoms with Crippen LogP contribution in [0.2, 0.25) is 0 Å². The lowest BCUT2D eigenvalue weighted by atomic mass is 9.62. The summed E-state index contributed by atoms with van der Waals surface area (Å²) in [6, 6.07) is 17.4. The van der Waals surface area contributed by atoms with Gasteiger partial charge in [-0.1, -0.05) is 49.2 Å². The molecule has 3 aliphatic rings. The van der Waals surface area contributed by atoms with E-state index in [9.17, 15) is 9.18 Å². The number of anilines is 1. The molecule has 2 aliphatic heterocycles. The number of carbonyl (C=O) groups is 1. The van der Waals surface area contributed by atoms with Crippen molar-refractivity contribution in [1.82, 2.24) is 4.90 Å². The summed E-state index contributed by atoms with van der Waals surface area (Å²) in [5.41, 5.74) is 1.48. The van der Waals surface area contributed by atoms with Gasteiger partial charge in [0.05, 0.1) is 11.5 Å². The largest absolute Gasteiger partial charge is 0.303 e. The van der Waals surface area contributed by atoms with Crippen LogP contribution in [0.4, 0.5) is 10.1 Å². The zero-order valence-electron chi connectivity index (χ0n) is 16.2. The number of amides is 1. The summed E-state index contributed by atoms with van der Waals surface area (Å²) < 4.78 is 13.9. The molecule has 1 saturated carbocycles. The van der Waals surface area contributed by atoms with Gasteiger partial charge in [0.1, 0.15) is 5.82 Å². The molecule has 2 aromatic carbocycles. The lowest BCUT2D eigenvalue weighted by molar-refractivity contribution is -0.145. The second-order valence-electron chi connectivity index (χ2n) is 8.60. The SMILES string of the molecule is O=C1N(c2cccc(F)c2)C(c2ccccc2)C12CCN(C1CCCC1)CC2. The standard InChI is InChI=1S/C24H27FN2O/c25-19-9-6-12-21(17-19)27-22(18-7-2-1-3-8-18)24(23(27)28)13-15-26(16-14-24)20-10-4-5-11-20/h1-3,6-9,12,17,20,22H,4-5,10-11,13-16H2. The van der Waals surface area contributed by atoms with E-state index < -0.39 is 0 Å². The first-order chi connectivity index (χ1) is 13.7. The smallest absolute Gasteiger partial charge is 0.236 e. The number of β-lactam (4-membered cyclic amide) rings is 1. The van der Waals surface area contributed by atoms with Crippen LogP contribution >= 0.6 is 0 Å². The fourth-order valence-electron chi connectivity index (χ4n) is 5.70. The van der Waals surface area contributed by atoms with E-state index in [0.29, 0.717) is 11.7 Å². The average molecular weight is 378 g/mol. The zero-order valence-corrected chi connectivity index (χ0v) is 16.2. The van der Waals surface area contributed by atoms with E-state index in [0.717, 1.165) is 31.5 Å². The molecule has 1 atom stereocenters. The van der Waals surface area contributed by atoms with Crippen LogP contribution in [0.15, 0.2) is 54.6 Å². The molecule has 2 aromatic rings. The van der Waals surface area contributed by atoms with Gasteiger partial charge in [0.25, 0.3) is 0 Å². The summed E-state index contributed by atoms with van der Waals surface area (Å²) in [7, 11) is 0. The van der Waals surface area contributed by atoms with Crippen molar-refractivity contribution in [3.63, 3.8) is 0 Å². The van der Waals surface area contributed by atoms with Crippen molar-refractivity contribution in [2.24, 2.45) is 5.41 Å². The normalized spacial score (nSPS) is 25.2. The molecule has 1 aliphatic carbocycles. The van der Waals surface area contributed by atoms with Crippen LogP contribution in [0.3, 0.4) is 0 Å². The van der Waals surface area contributed by atoms with Gasteiger partial charge < -0.3 is 9.80 Å². The second kappa shape index (κ2) is 7.00. The highest BCUT2D eigenvalue weighted by atomic mass is 19.1. The maximum absolute atomic E-state index is 13.9. The second-order valence-corrected chi connectivity index (χ2v) is 8.60. The van der Waals surface area contributed by atoms with Gasteiger partial charge in [0.15, 0.2) is 0 Å². The molecule has 0 N–H and O–H groups in total. The van der Waals surface area contributed by atoms with E-state index in [1.807, 2.05) is 29.2 Å². The number of nitrogens with zero attached hydrogens (tertiary/aromatic N) is 2. The predicted molar refractivity (Wildman–Crippen MR) is 109 cm³/mol. The zero-order chi connectivity index (χ0) is 19.1. The minimum Gasteiger partial charge on any atom is -0.303 e. The van der Waals surface area contributed by atoms with Crippen molar-refractivity contribution < 1.29 is 9.18 Å². The maximum atomic E-state index is 13.9. The summed E-state index contributed by atoms with van der Waals surface area (Å²) in [5.74, 6) is -0.132. The van der Waals surface area contributed by atoms with Gasteiger partial charge in [-0.25, -0.2) is 4.39 Å². The molecule has 146 valence electrons. The van der Waals surface area contributed by atoms with Gasteiger partial charge in [-0.3, -0.25) is 4.79 Å². The molecule has 1 spiro atoms. The molecule has 3 fully saturated rings. The molecule has 5 rings (SSSR count). The number of piperidine rings is 1. The van der Waals surface area contributed by atoms with Gasteiger partial charge in [-0.05, 0) is 62.5 Å². The monoisotopic (exact) mass is 378 g/mol. The van der Waals surface area contributed by atoms with Crippen molar-refractivity contribution in [2.45, 2.75) is 50.6 Å². The van der Waals surface area contributed by atoms with Crippen molar-refractivity contribution in [3.8, 4) is 0 Å². The van der Waals surface area contributed by atoms with Crippen LogP contribution in [-0.2, 0) is 4.79 Å². The fraction of sp³-hybridized carbons (Fsp3) is 0.458. The molecule has 0 radical (unpaired) electrons. The van der Waals surface area contributed by atoms with Crippen molar-refractivity contribution in [1.29, 1.82) is 0 Å². The first kappa shape index (κ1) is 17.9. The third-order valence-electron chi connectivity index (χ3n) is 7.16. The van der Waals surface area contributed by atoms with Gasteiger partial charge >= 0.3 is 0 Å². The Labute approximate surface area is 166 Å². The molecule has 28 heavy (non-hydrogen) atoms. The van der Waals surface area contributed by atoms with E-state index in [1.54, 1.807) is 6.07 Å². The number of hydrogen-bond donors (Lipinski definition) is 0. The van der Waals surface area contributed by atoms with Gasteiger partial charge in [0.2, 0.25) is 5.91 Å². The molecule has 3 nitrogen and oxygen atoms in total. The third kappa shape index (κ3) is 2.77. The molecule has 0 aromatic heterocycles. The van der Waals surface area contributed by atoms with Crippen molar-refractivity contribution >= 4 is 11.6 Å². The molecule has 1 unspecified atom stereocenters. The van der Waals surface area contributed by atoms with Crippen LogP contribution < -0.4 is 4.90 Å². The lowest BCUT2D eigenvalue weighted by Crippen LogP contribution is -2.67. The van der Waals surface area contributed by atoms with Crippen LogP contribution in [0, 0.1) is 11.2 Å². The molecular weight excluding hydrogens is 351 g/mol. The molecule has 1 amide bonds. The quantitative estimate of drug-likeness (QED) is 0.707. The first-order valence-electron chi connectivity index (χ1n) is 10.6. The van der Waals surface area contributed by atoms with E-state index >= 15 is 0 Å². The number of likely N-dealkylation sites (tertiary alicyclic amines) is 1. The van der Waals surface area contributed by atoms with Crippen molar-refractivity contribution in [2.75, 3.05) is 18.0 Å². The highest BCUT2D eigenvalue weighted by Crippen LogP contribution is 2.57. The highest BCUT2D eigenvalue weighted by Gasteiger charge is 2.62. The van der Waals surface area contributed by atoms with E-state index in [4.69, 9.17) is 0 Å². The third-order valence-corrected chi connectivity index (χ3v) is 7.16. The predicted octanol–water partition coefficient (Wildman–Crippen LogP) is 4.94. The average Bonchev–Trinajstić information content (AvgIpc) is 3.27. The fourth-order valence-corrected chi connectivity index (χ4v) is 5.70. The lowest BCUT2D eigenvalue weighted by Gasteiger charge is -2.59. The Morgan fingerprint density at radius 3 is 2.32 bits per heavy atom. The van der Waals surface area contributed by atoms with E-state index in [-0.39, 0.29) is 23.2 Å². The summed E-state index contributed by atoms with van der Waals surface area (Å²) >= 11 is 0. The van der Waals surface area contributed by atoms with Gasteiger partial charge in [0, 0.05) is 11.7 Å². The van der Waals surface area contributed by atoms with Gasteiger partial charge in [-0.2, -0.15) is 0 Å². The number of carbonyl (C=O) groups excluding carboxylic acids is 1. The number of benzene rings is 2. The molecule has 0 bridgehead atoms. The number of hydrogen-bond acceptors (Lipinski definition) is 2. The maximum Gasteiger partial charge on any atom is 0.236 e. The summed E-state index contributed by atoms with van der Waals surface area (Å²) in [6.45, 7) is 1.99. The highest BCUT2D eigenvalue weighted by molar-refractivity contribution is 6.06. The van der Waals surface area contributed by atoms with E-state index in [1.165, 1.54) is 37.8 Å². The Morgan fingerprint density at radius 1 is 0.929 bits per heavy atom. The summed E-state index contributed by atoms with van der Waals surface area (Å²) in [4.78, 5) is 17.9. The molecule has 2 saturated heterocycles. The minimum absolute atomic E-state index is 0.00581. The van der Waals surface area contributed by atoms with Crippen LogP contribution in [0.5, 0.6) is 0 Å². The molecule has 2 heterocycles. The van der Waals surface area contributed by atoms with E-state index in [2.05, 4.69) is 17.0 Å².